The topological polar surface area (TPSA) is 94.6 Å². The van der Waals surface area contributed by atoms with Crippen molar-refractivity contribution >= 4 is 27.6 Å². The van der Waals surface area contributed by atoms with Crippen molar-refractivity contribution in [1.29, 1.82) is 0 Å². The van der Waals surface area contributed by atoms with Gasteiger partial charge >= 0.3 is 5.97 Å². The molecule has 0 radical (unpaired) electrons. The molecule has 3 aromatic rings. The van der Waals surface area contributed by atoms with Crippen LogP contribution in [0, 0.1) is 0 Å². The number of ether oxygens (including phenoxy) is 2. The molecule has 0 aliphatic heterocycles. The molecule has 31 heavy (non-hydrogen) atoms. The second kappa shape index (κ2) is 10.4. The summed E-state index contributed by atoms with van der Waals surface area (Å²) < 4.78 is 38.8. The molecule has 0 amide bonds. The predicted molar refractivity (Wildman–Crippen MR) is 116 cm³/mol. The van der Waals surface area contributed by atoms with Gasteiger partial charge in [0.15, 0.2) is 6.61 Å². The van der Waals surface area contributed by atoms with Gasteiger partial charge in [-0.25, -0.2) is 13.2 Å². The molecule has 0 aliphatic carbocycles. The van der Waals surface area contributed by atoms with Crippen molar-refractivity contribution in [2.24, 2.45) is 0 Å². The molecule has 1 aromatic heterocycles. The smallest absolute Gasteiger partial charge is 0.344 e. The number of aromatic nitrogens is 1. The minimum Gasteiger partial charge on any atom is -0.482 e. The first kappa shape index (κ1) is 22.7. The summed E-state index contributed by atoms with van der Waals surface area (Å²) in [5, 5.41) is 0.374. The van der Waals surface area contributed by atoms with Crippen LogP contribution in [0.1, 0.15) is 24.1 Å². The van der Waals surface area contributed by atoms with Gasteiger partial charge in [0.25, 0.3) is 0 Å². The summed E-state index contributed by atoms with van der Waals surface area (Å²) in [6.07, 6.45) is 3.05. The maximum absolute atomic E-state index is 13.0. The van der Waals surface area contributed by atoms with Crippen molar-refractivity contribution in [3.63, 3.8) is 0 Å². The van der Waals surface area contributed by atoms with Crippen molar-refractivity contribution in [3.8, 4) is 5.75 Å². The fraction of sp³-hybridized carbons (Fsp3) is 0.182. The van der Waals surface area contributed by atoms with E-state index in [4.69, 9.17) is 21.1 Å². The summed E-state index contributed by atoms with van der Waals surface area (Å²) >= 11 is 6.34. The number of hydrogen-bond acceptors (Lipinski definition) is 6. The number of carbonyl (C=O) groups is 1. The summed E-state index contributed by atoms with van der Waals surface area (Å²) in [6.45, 7) is 1.77. The Morgan fingerprint density at radius 2 is 1.81 bits per heavy atom. The summed E-state index contributed by atoms with van der Waals surface area (Å²) in [5.74, 6) is -0.0269. The van der Waals surface area contributed by atoms with E-state index in [1.54, 1.807) is 55.5 Å². The van der Waals surface area contributed by atoms with E-state index in [-0.39, 0.29) is 18.1 Å². The number of benzene rings is 2. The zero-order chi connectivity index (χ0) is 22.3. The third kappa shape index (κ3) is 6.04. The van der Waals surface area contributed by atoms with Gasteiger partial charge in [0, 0.05) is 23.0 Å². The number of nitrogens with one attached hydrogen (secondary N) is 1. The van der Waals surface area contributed by atoms with Crippen LogP contribution in [0.25, 0.3) is 0 Å². The zero-order valence-electron chi connectivity index (χ0n) is 16.7. The molecule has 7 nitrogen and oxygen atoms in total. The Morgan fingerprint density at radius 3 is 2.45 bits per heavy atom. The number of nitrogens with zero attached hydrogens (tertiary/aromatic N) is 1. The molecule has 0 saturated carbocycles. The lowest BCUT2D eigenvalue weighted by Gasteiger charge is -2.21. The zero-order valence-corrected chi connectivity index (χ0v) is 18.3. The first-order valence-electron chi connectivity index (χ1n) is 9.46. The van der Waals surface area contributed by atoms with Crippen LogP contribution >= 0.6 is 11.6 Å². The largest absolute Gasteiger partial charge is 0.482 e. The van der Waals surface area contributed by atoms with Gasteiger partial charge in [-0.1, -0.05) is 41.9 Å². The Hall–Kier alpha value is -2.94. The fourth-order valence-electron chi connectivity index (χ4n) is 2.84. The Kier molecular flexibility index (Phi) is 7.62. The lowest BCUT2D eigenvalue weighted by atomic mass is 10.0. The number of carbonyl (C=O) groups excluding carboxylic acids is 1. The molecule has 0 spiro atoms. The van der Waals surface area contributed by atoms with Crippen molar-refractivity contribution in [1.82, 2.24) is 9.71 Å². The van der Waals surface area contributed by atoms with Crippen LogP contribution in [-0.2, 0) is 19.6 Å². The number of esters is 1. The van der Waals surface area contributed by atoms with Gasteiger partial charge < -0.3 is 9.47 Å². The van der Waals surface area contributed by atoms with Crippen LogP contribution in [0.4, 0.5) is 0 Å². The van der Waals surface area contributed by atoms with Gasteiger partial charge in [-0.05, 0) is 42.8 Å². The van der Waals surface area contributed by atoms with Gasteiger partial charge in [0.05, 0.1) is 17.5 Å². The second-order valence-corrected chi connectivity index (χ2v) is 8.55. The molecule has 1 atom stereocenters. The van der Waals surface area contributed by atoms with Crippen LogP contribution < -0.4 is 9.46 Å². The maximum Gasteiger partial charge on any atom is 0.344 e. The molecule has 0 saturated heterocycles. The average molecular weight is 461 g/mol. The minimum atomic E-state index is -3.84. The summed E-state index contributed by atoms with van der Waals surface area (Å²) in [6, 6.07) is 15.5. The van der Waals surface area contributed by atoms with Crippen molar-refractivity contribution in [2.45, 2.75) is 17.9 Å². The van der Waals surface area contributed by atoms with Gasteiger partial charge in [-0.3, -0.25) is 4.98 Å². The number of pyridine rings is 1. The molecule has 9 heteroatoms. The van der Waals surface area contributed by atoms with Crippen LogP contribution in [-0.4, -0.2) is 32.6 Å². The van der Waals surface area contributed by atoms with E-state index >= 15 is 0 Å². The molecule has 162 valence electrons. The molecule has 2 aromatic carbocycles. The third-order valence-corrected chi connectivity index (χ3v) is 6.09. The Labute approximate surface area is 186 Å². The molecule has 0 bridgehead atoms. The molecule has 1 unspecified atom stereocenters. The highest BCUT2D eigenvalue weighted by Crippen LogP contribution is 2.30. The van der Waals surface area contributed by atoms with Gasteiger partial charge in [-0.15, -0.1) is 0 Å². The molecule has 0 fully saturated rings. The molecule has 1 N–H and O–H groups in total. The van der Waals surface area contributed by atoms with E-state index in [0.29, 0.717) is 21.9 Å². The second-order valence-electron chi connectivity index (χ2n) is 6.43. The van der Waals surface area contributed by atoms with E-state index in [0.717, 1.165) is 0 Å². The monoisotopic (exact) mass is 460 g/mol. The van der Waals surface area contributed by atoms with Gasteiger partial charge in [0.1, 0.15) is 5.75 Å². The highest BCUT2D eigenvalue weighted by atomic mass is 35.5. The first-order chi connectivity index (χ1) is 14.9. The summed E-state index contributed by atoms with van der Waals surface area (Å²) in [7, 11) is -3.84. The van der Waals surface area contributed by atoms with E-state index in [1.165, 1.54) is 24.5 Å². The van der Waals surface area contributed by atoms with Crippen LogP contribution in [0.15, 0.2) is 78.0 Å². The van der Waals surface area contributed by atoms with E-state index in [1.807, 2.05) is 0 Å². The van der Waals surface area contributed by atoms with Gasteiger partial charge in [-0.2, -0.15) is 4.72 Å². The maximum atomic E-state index is 13.0. The van der Waals surface area contributed by atoms with Crippen LogP contribution in [0.3, 0.4) is 0 Å². The van der Waals surface area contributed by atoms with E-state index < -0.39 is 22.0 Å². The Morgan fingerprint density at radius 1 is 1.10 bits per heavy atom. The summed E-state index contributed by atoms with van der Waals surface area (Å²) in [4.78, 5) is 15.7. The number of halogens is 1. The molecule has 0 aliphatic rings. The fourth-order valence-corrected chi connectivity index (χ4v) is 4.28. The third-order valence-electron chi connectivity index (χ3n) is 4.31. The number of hydrogen-bond donors (Lipinski definition) is 1. The standard InChI is InChI=1S/C22H21ClN2O5S/c1-2-29-21(26)15-30-17-10-8-16(9-11-17)22(19-14-24-13-12-20(19)23)25-31(27,28)18-6-4-3-5-7-18/h3-14,22,25H,2,15H2,1H3. The highest BCUT2D eigenvalue weighted by molar-refractivity contribution is 7.89. The molecular weight excluding hydrogens is 440 g/mol. The molecule has 1 heterocycles. The summed E-state index contributed by atoms with van der Waals surface area (Å²) in [5.41, 5.74) is 1.13. The van der Waals surface area contributed by atoms with E-state index in [9.17, 15) is 13.2 Å². The average Bonchev–Trinajstić information content (AvgIpc) is 2.78. The number of sulfonamides is 1. The lowest BCUT2D eigenvalue weighted by molar-refractivity contribution is -0.145. The SMILES string of the molecule is CCOC(=O)COc1ccc(C(NS(=O)(=O)c2ccccc2)c2cnccc2Cl)cc1. The quantitative estimate of drug-likeness (QED) is 0.489. The number of rotatable bonds is 9. The van der Waals surface area contributed by atoms with E-state index in [2.05, 4.69) is 9.71 Å². The highest BCUT2D eigenvalue weighted by Gasteiger charge is 2.25. The molecule has 3 rings (SSSR count). The lowest BCUT2D eigenvalue weighted by Crippen LogP contribution is -2.29. The minimum absolute atomic E-state index is 0.134. The van der Waals surface area contributed by atoms with Crippen molar-refractivity contribution < 1.29 is 22.7 Å². The predicted octanol–water partition coefficient (Wildman–Crippen LogP) is 3.74. The normalized spacial score (nSPS) is 12.2. The molecular formula is C22H21ClN2O5S. The van der Waals surface area contributed by atoms with Crippen LogP contribution in [0.5, 0.6) is 5.75 Å². The van der Waals surface area contributed by atoms with Gasteiger partial charge in [0.2, 0.25) is 10.0 Å². The Balaban J connectivity index is 1.89. The Bertz CT molecular complexity index is 1120. The van der Waals surface area contributed by atoms with Crippen molar-refractivity contribution in [3.05, 3.63) is 89.2 Å². The van der Waals surface area contributed by atoms with Crippen molar-refractivity contribution in [2.75, 3.05) is 13.2 Å². The first-order valence-corrected chi connectivity index (χ1v) is 11.3. The van der Waals surface area contributed by atoms with Crippen LogP contribution in [0.2, 0.25) is 5.02 Å².